The van der Waals surface area contributed by atoms with Gasteiger partial charge in [-0.15, -0.1) is 0 Å². The molecule has 5 N–H and O–H groups in total. The van der Waals surface area contributed by atoms with Crippen LogP contribution in [0.2, 0.25) is 0 Å². The third kappa shape index (κ3) is 31.4. The second-order valence-corrected chi connectivity index (χ2v) is 4.06. The number of rotatable bonds is 4. The van der Waals surface area contributed by atoms with Crippen molar-refractivity contribution in [2.45, 2.75) is 12.5 Å². The maximum absolute atomic E-state index is 10.1. The maximum atomic E-state index is 10.1. The molecule has 0 heterocycles. The van der Waals surface area contributed by atoms with E-state index in [0.29, 0.717) is 6.42 Å². The normalized spacial score (nSPS) is 11.7. The van der Waals surface area contributed by atoms with Crippen LogP contribution < -0.4 is 5.73 Å². The molecule has 0 bridgehead atoms. The van der Waals surface area contributed by atoms with Gasteiger partial charge < -0.3 is 10.8 Å². The van der Waals surface area contributed by atoms with Crippen molar-refractivity contribution in [1.82, 2.24) is 0 Å². The molecule has 0 radical (unpaired) electrons. The fraction of sp³-hybridized carbons (Fsp3) is 0.800. The topological polar surface area (TPSA) is 138 Å². The molecule has 0 spiro atoms. The number of hydrogen-bond acceptors (Lipinski definition) is 5. The molecular weight excluding hydrogens is 290 g/mol. The Morgan fingerprint density at radius 3 is 2.07 bits per heavy atom. The summed E-state index contributed by atoms with van der Waals surface area (Å²) in [5.74, 6) is -0.1000. The molecule has 0 saturated heterocycles. The number of aliphatic carboxylic acids is 1. The molecule has 94 valence electrons. The van der Waals surface area contributed by atoms with Gasteiger partial charge in [-0.2, -0.15) is 20.2 Å². The molecule has 0 aromatic carbocycles. The quantitative estimate of drug-likeness (QED) is 0.407. The third-order valence-corrected chi connectivity index (χ3v) is 1.59. The third-order valence-electron chi connectivity index (χ3n) is 0.950. The molecule has 0 fully saturated rings. The molecule has 0 aliphatic rings. The van der Waals surface area contributed by atoms with Gasteiger partial charge in [0, 0.05) is 17.1 Å². The Bertz CT molecular complexity index is 254. The van der Waals surface area contributed by atoms with Crippen molar-refractivity contribution in [3.63, 3.8) is 0 Å². The average molecular weight is 304 g/mol. The summed E-state index contributed by atoms with van der Waals surface area (Å²) >= 11 is 1.60. The van der Waals surface area contributed by atoms with Crippen LogP contribution in [-0.2, 0) is 32.3 Å². The van der Waals surface area contributed by atoms with E-state index >= 15 is 0 Å². The number of carboxylic acids is 1. The van der Waals surface area contributed by atoms with E-state index in [9.17, 15) is 4.79 Å². The Kier molecular flexibility index (Phi) is 14.6. The minimum Gasteiger partial charge on any atom is -0.480 e. The van der Waals surface area contributed by atoms with E-state index < -0.39 is 22.4 Å². The largest absolute Gasteiger partial charge is 1.00 e. The van der Waals surface area contributed by atoms with Crippen LogP contribution in [0.15, 0.2) is 0 Å². The van der Waals surface area contributed by atoms with Crippen LogP contribution in [0, 0.1) is 0 Å². The van der Waals surface area contributed by atoms with Crippen LogP contribution in [0.5, 0.6) is 0 Å². The van der Waals surface area contributed by atoms with Crippen LogP contribution in [-0.4, -0.2) is 46.6 Å². The van der Waals surface area contributed by atoms with E-state index in [4.69, 9.17) is 28.4 Å². The van der Waals surface area contributed by atoms with Crippen LogP contribution >= 0.6 is 11.8 Å². The van der Waals surface area contributed by atoms with Crippen molar-refractivity contribution >= 4 is 28.1 Å². The van der Waals surface area contributed by atoms with Gasteiger partial charge in [-0.3, -0.25) is 13.9 Å². The van der Waals surface area contributed by atoms with Gasteiger partial charge in [-0.1, -0.05) is 0 Å². The van der Waals surface area contributed by atoms with E-state index in [0.717, 1.165) is 5.75 Å². The van der Waals surface area contributed by atoms with Crippen molar-refractivity contribution < 1.29 is 45.9 Å². The van der Waals surface area contributed by atoms with E-state index in [2.05, 4.69) is 0 Å². The molecule has 0 aliphatic carbocycles. The Morgan fingerprint density at radius 1 is 1.53 bits per heavy atom. The minimum absolute atomic E-state index is 0. The number of hydrogen-bond donors (Lipinski definition) is 4. The molecule has 0 rings (SSSR count). The molecule has 0 aromatic rings. The van der Waals surface area contributed by atoms with Crippen LogP contribution in [0.1, 0.15) is 7.85 Å². The number of carbonyl (C=O) groups is 1. The molecule has 15 heavy (non-hydrogen) atoms. The zero-order valence-electron chi connectivity index (χ0n) is 8.81. The Balaban J connectivity index is -0.0000000904. The summed E-state index contributed by atoms with van der Waals surface area (Å²) in [5.41, 5.74) is 5.19. The zero-order chi connectivity index (χ0) is 11.8. The fourth-order valence-electron chi connectivity index (χ4n) is 0.368. The van der Waals surface area contributed by atoms with Gasteiger partial charge in [0.1, 0.15) is 6.04 Å². The predicted molar refractivity (Wildman–Crippen MR) is 53.9 cm³/mol. The van der Waals surface area contributed by atoms with Crippen molar-refractivity contribution in [2.75, 3.05) is 12.0 Å². The van der Waals surface area contributed by atoms with Gasteiger partial charge in [-0.25, -0.2) is 0 Å². The summed E-state index contributed by atoms with van der Waals surface area (Å²) in [7, 11) is -4.67. The monoisotopic (exact) mass is 304 g/mol. The van der Waals surface area contributed by atoms with Gasteiger partial charge in [0.05, 0.1) is 0 Å². The SMILES string of the molecule is CSCCC(N)C(=O)O.O=S(=O)(O)O.[Fe].[H+]. The summed E-state index contributed by atoms with van der Waals surface area (Å²) < 4.78 is 31.6. The molecular formula is C5H14FeNO6S2+. The number of nitrogens with two attached hydrogens (primary N) is 1. The average Bonchev–Trinajstić information content (AvgIpc) is 1.96. The summed E-state index contributed by atoms with van der Waals surface area (Å²) in [5, 5.41) is 8.27. The standard InChI is InChI=1S/C5H11NO2S.Fe.H2O4S/c1-9-3-2-4(6)5(7)8;;1-5(2,3)4/h4H,2-3,6H2,1H3,(H,7,8);;(H2,1,2,3,4)/p+1. The van der Waals surface area contributed by atoms with Gasteiger partial charge >= 0.3 is 17.8 Å². The summed E-state index contributed by atoms with van der Waals surface area (Å²) in [6.07, 6.45) is 2.48. The summed E-state index contributed by atoms with van der Waals surface area (Å²) in [6, 6.07) is -0.683. The van der Waals surface area contributed by atoms with Crippen LogP contribution in [0.4, 0.5) is 0 Å². The second-order valence-electron chi connectivity index (χ2n) is 2.17. The Morgan fingerprint density at radius 2 is 1.87 bits per heavy atom. The molecule has 0 saturated carbocycles. The zero-order valence-corrected chi connectivity index (χ0v) is 10.5. The predicted octanol–water partition coefficient (Wildman–Crippen LogP) is -0.391. The van der Waals surface area contributed by atoms with E-state index in [1.807, 2.05) is 6.26 Å². The molecule has 0 aromatic heterocycles. The maximum Gasteiger partial charge on any atom is 1.00 e. The van der Waals surface area contributed by atoms with Gasteiger partial charge in [0.15, 0.2) is 0 Å². The van der Waals surface area contributed by atoms with Crippen LogP contribution in [0.3, 0.4) is 0 Å². The first-order valence-electron chi connectivity index (χ1n) is 3.35. The molecule has 1 unspecified atom stereocenters. The van der Waals surface area contributed by atoms with E-state index in [1.165, 1.54) is 0 Å². The first kappa shape index (κ1) is 20.6. The molecule has 10 heteroatoms. The Labute approximate surface area is 104 Å². The smallest absolute Gasteiger partial charge is 0.480 e. The number of carboxylic acid groups (broad SMARTS) is 1. The second kappa shape index (κ2) is 10.7. The van der Waals surface area contributed by atoms with Crippen molar-refractivity contribution in [2.24, 2.45) is 5.73 Å². The fourth-order valence-corrected chi connectivity index (χ4v) is 0.858. The van der Waals surface area contributed by atoms with E-state index in [1.54, 1.807) is 11.8 Å². The van der Waals surface area contributed by atoms with Gasteiger partial charge in [-0.05, 0) is 18.4 Å². The summed E-state index contributed by atoms with van der Waals surface area (Å²) in [6.45, 7) is 0. The van der Waals surface area contributed by atoms with Crippen molar-refractivity contribution in [3.05, 3.63) is 0 Å². The minimum atomic E-state index is -4.67. The van der Waals surface area contributed by atoms with Crippen molar-refractivity contribution in [1.29, 1.82) is 0 Å². The van der Waals surface area contributed by atoms with Gasteiger partial charge in [0.25, 0.3) is 0 Å². The Hall–Kier alpha value is 0.169. The molecule has 0 aliphatic heterocycles. The van der Waals surface area contributed by atoms with E-state index in [-0.39, 0.29) is 18.5 Å². The van der Waals surface area contributed by atoms with Gasteiger partial charge in [0.2, 0.25) is 0 Å². The summed E-state index contributed by atoms with van der Waals surface area (Å²) in [4.78, 5) is 10.1. The van der Waals surface area contributed by atoms with Crippen molar-refractivity contribution in [3.8, 4) is 0 Å². The first-order chi connectivity index (χ1) is 6.18. The molecule has 0 amide bonds. The number of thioether (sulfide) groups is 1. The molecule has 7 nitrogen and oxygen atoms in total. The molecule has 1 atom stereocenters. The first-order valence-corrected chi connectivity index (χ1v) is 6.14. The van der Waals surface area contributed by atoms with Crippen LogP contribution in [0.25, 0.3) is 0 Å².